The smallest absolute Gasteiger partial charge is 0.481 e. The molecule has 1 aliphatic carbocycles. The molecule has 0 saturated heterocycles. The Morgan fingerprint density at radius 1 is 1.38 bits per heavy atom. The van der Waals surface area contributed by atoms with Crippen LogP contribution < -0.4 is 4.72 Å². The maximum Gasteiger partial charge on any atom is 0.511 e. The van der Waals surface area contributed by atoms with E-state index in [2.05, 4.69) is 0 Å². The number of nitrogens with one attached hydrogen (secondary N) is 1. The number of halogens is 3. The maximum atomic E-state index is 12.1. The number of carboxylic acid groups (broad SMARTS) is 1. The van der Waals surface area contributed by atoms with E-state index in [1.165, 1.54) is 4.72 Å². The van der Waals surface area contributed by atoms with Crippen molar-refractivity contribution in [1.82, 2.24) is 4.72 Å². The summed E-state index contributed by atoms with van der Waals surface area (Å²) < 4.78 is 59.3. The first-order chi connectivity index (χ1) is 7.08. The summed E-state index contributed by atoms with van der Waals surface area (Å²) in [7, 11) is -5.48. The summed E-state index contributed by atoms with van der Waals surface area (Å²) in [6.45, 7) is 0. The highest BCUT2D eigenvalue weighted by atomic mass is 32.2. The number of aliphatic carboxylic acids is 1. The van der Waals surface area contributed by atoms with E-state index < -0.39 is 33.5 Å². The Balaban J connectivity index is 2.82. The standard InChI is InChI=1S/C7H10F3NO4S/c8-7(9,10)16(14,15)11-6(2-1-3-6)4-5(12)13/h11H,1-4H2,(H,12,13). The summed E-state index contributed by atoms with van der Waals surface area (Å²) in [5, 5.41) is 8.50. The van der Waals surface area contributed by atoms with Gasteiger partial charge in [-0.1, -0.05) is 0 Å². The van der Waals surface area contributed by atoms with Gasteiger partial charge in [0.2, 0.25) is 0 Å². The van der Waals surface area contributed by atoms with Crippen LogP contribution in [-0.2, 0) is 14.8 Å². The van der Waals surface area contributed by atoms with E-state index in [4.69, 9.17) is 5.11 Å². The van der Waals surface area contributed by atoms with Gasteiger partial charge in [-0.25, -0.2) is 13.1 Å². The highest BCUT2D eigenvalue weighted by molar-refractivity contribution is 7.90. The fourth-order valence-electron chi connectivity index (χ4n) is 1.55. The second-order valence-corrected chi connectivity index (χ2v) is 5.43. The summed E-state index contributed by atoms with van der Waals surface area (Å²) in [5.41, 5.74) is -6.88. The highest BCUT2D eigenvalue weighted by Crippen LogP contribution is 2.37. The quantitative estimate of drug-likeness (QED) is 0.784. The van der Waals surface area contributed by atoms with Gasteiger partial charge in [-0.05, 0) is 19.3 Å². The zero-order chi connectivity index (χ0) is 12.6. The molecule has 0 aliphatic heterocycles. The van der Waals surface area contributed by atoms with E-state index in [0.29, 0.717) is 6.42 Å². The molecule has 9 heteroatoms. The lowest BCUT2D eigenvalue weighted by molar-refractivity contribution is -0.139. The van der Waals surface area contributed by atoms with Gasteiger partial charge in [-0.3, -0.25) is 4.79 Å². The number of rotatable bonds is 4. The third-order valence-electron chi connectivity index (χ3n) is 2.46. The average Bonchev–Trinajstić information content (AvgIpc) is 1.96. The maximum absolute atomic E-state index is 12.1. The van der Waals surface area contributed by atoms with E-state index in [9.17, 15) is 26.4 Å². The molecule has 0 spiro atoms. The Morgan fingerprint density at radius 2 is 1.88 bits per heavy atom. The first-order valence-electron chi connectivity index (χ1n) is 4.40. The van der Waals surface area contributed by atoms with Crippen molar-refractivity contribution in [2.24, 2.45) is 0 Å². The topological polar surface area (TPSA) is 83.5 Å². The molecule has 1 fully saturated rings. The SMILES string of the molecule is O=C(O)CC1(NS(=O)(=O)C(F)(F)F)CCC1. The highest BCUT2D eigenvalue weighted by Gasteiger charge is 2.52. The van der Waals surface area contributed by atoms with Crippen LogP contribution in [0.2, 0.25) is 0 Å². The van der Waals surface area contributed by atoms with Gasteiger partial charge in [0.1, 0.15) is 0 Å². The lowest BCUT2D eigenvalue weighted by Gasteiger charge is -2.40. The Kier molecular flexibility index (Phi) is 3.21. The molecule has 0 bridgehead atoms. The molecular formula is C7H10F3NO4S. The fourth-order valence-corrected chi connectivity index (χ4v) is 2.51. The van der Waals surface area contributed by atoms with Crippen molar-refractivity contribution in [2.75, 3.05) is 0 Å². The largest absolute Gasteiger partial charge is 0.511 e. The van der Waals surface area contributed by atoms with E-state index in [-0.39, 0.29) is 12.8 Å². The van der Waals surface area contributed by atoms with Crippen molar-refractivity contribution in [2.45, 2.75) is 36.7 Å². The number of hydrogen-bond donors (Lipinski definition) is 2. The monoisotopic (exact) mass is 261 g/mol. The second-order valence-electron chi connectivity index (χ2n) is 3.76. The summed E-state index contributed by atoms with van der Waals surface area (Å²) in [6, 6.07) is 0. The van der Waals surface area contributed by atoms with Crippen molar-refractivity contribution in [3.8, 4) is 0 Å². The molecule has 94 valence electrons. The van der Waals surface area contributed by atoms with Crippen LogP contribution in [0.5, 0.6) is 0 Å². The lowest BCUT2D eigenvalue weighted by atomic mass is 9.75. The van der Waals surface area contributed by atoms with Gasteiger partial charge in [-0.2, -0.15) is 13.2 Å². The van der Waals surface area contributed by atoms with E-state index >= 15 is 0 Å². The number of carboxylic acids is 1. The zero-order valence-corrected chi connectivity index (χ0v) is 8.86. The van der Waals surface area contributed by atoms with Crippen LogP contribution in [0, 0.1) is 0 Å². The summed E-state index contributed by atoms with van der Waals surface area (Å²) in [5.74, 6) is -1.33. The van der Waals surface area contributed by atoms with Crippen molar-refractivity contribution < 1.29 is 31.5 Å². The molecule has 0 atom stereocenters. The van der Waals surface area contributed by atoms with E-state index in [0.717, 1.165) is 0 Å². The summed E-state index contributed by atoms with van der Waals surface area (Å²) in [6.07, 6.45) is 0.0825. The Bertz CT molecular complexity index is 385. The minimum absolute atomic E-state index is 0.106. The molecule has 0 radical (unpaired) electrons. The van der Waals surface area contributed by atoms with Crippen LogP contribution in [0.4, 0.5) is 13.2 Å². The Morgan fingerprint density at radius 3 is 2.12 bits per heavy atom. The molecule has 1 rings (SSSR count). The van der Waals surface area contributed by atoms with Crippen LogP contribution >= 0.6 is 0 Å². The zero-order valence-electron chi connectivity index (χ0n) is 8.04. The van der Waals surface area contributed by atoms with Crippen LogP contribution in [-0.4, -0.2) is 30.5 Å². The van der Waals surface area contributed by atoms with E-state index in [1.54, 1.807) is 0 Å². The van der Waals surface area contributed by atoms with E-state index in [1.807, 2.05) is 0 Å². The molecule has 5 nitrogen and oxygen atoms in total. The van der Waals surface area contributed by atoms with Crippen molar-refractivity contribution in [3.63, 3.8) is 0 Å². The molecule has 0 aromatic heterocycles. The molecule has 1 aliphatic rings. The second kappa shape index (κ2) is 3.88. The van der Waals surface area contributed by atoms with Crippen LogP contribution in [0.3, 0.4) is 0 Å². The van der Waals surface area contributed by atoms with Crippen LogP contribution in [0.25, 0.3) is 0 Å². The third kappa shape index (κ3) is 2.64. The van der Waals surface area contributed by atoms with Gasteiger partial charge in [0.25, 0.3) is 0 Å². The fraction of sp³-hybridized carbons (Fsp3) is 0.857. The molecule has 1 saturated carbocycles. The molecule has 0 amide bonds. The van der Waals surface area contributed by atoms with Crippen molar-refractivity contribution in [3.05, 3.63) is 0 Å². The molecule has 0 heterocycles. The summed E-state index contributed by atoms with van der Waals surface area (Å²) in [4.78, 5) is 10.4. The first-order valence-corrected chi connectivity index (χ1v) is 5.88. The number of hydrogen-bond acceptors (Lipinski definition) is 3. The molecule has 16 heavy (non-hydrogen) atoms. The van der Waals surface area contributed by atoms with Gasteiger partial charge in [0, 0.05) is 5.54 Å². The number of carbonyl (C=O) groups is 1. The molecule has 2 N–H and O–H groups in total. The predicted molar refractivity (Wildman–Crippen MR) is 46.9 cm³/mol. The molecular weight excluding hydrogens is 251 g/mol. The molecule has 0 unspecified atom stereocenters. The Hall–Kier alpha value is -0.830. The first kappa shape index (κ1) is 13.2. The number of alkyl halides is 3. The van der Waals surface area contributed by atoms with Gasteiger partial charge in [0.05, 0.1) is 6.42 Å². The minimum Gasteiger partial charge on any atom is -0.481 e. The lowest BCUT2D eigenvalue weighted by Crippen LogP contribution is -2.57. The van der Waals surface area contributed by atoms with Gasteiger partial charge >= 0.3 is 21.5 Å². The molecule has 0 aromatic rings. The predicted octanol–water partition coefficient (Wildman–Crippen LogP) is 0.823. The van der Waals surface area contributed by atoms with Crippen molar-refractivity contribution >= 4 is 16.0 Å². The van der Waals surface area contributed by atoms with Crippen LogP contribution in [0.15, 0.2) is 0 Å². The van der Waals surface area contributed by atoms with Gasteiger partial charge in [0.15, 0.2) is 0 Å². The Labute approximate surface area is 89.7 Å². The average molecular weight is 261 g/mol. The van der Waals surface area contributed by atoms with Gasteiger partial charge in [-0.15, -0.1) is 0 Å². The molecule has 0 aromatic carbocycles. The normalized spacial score (nSPS) is 20.2. The van der Waals surface area contributed by atoms with Crippen LogP contribution in [0.1, 0.15) is 25.7 Å². The van der Waals surface area contributed by atoms with Gasteiger partial charge < -0.3 is 5.11 Å². The van der Waals surface area contributed by atoms with Crippen molar-refractivity contribution in [1.29, 1.82) is 0 Å². The summed E-state index contributed by atoms with van der Waals surface area (Å²) >= 11 is 0. The third-order valence-corrected chi connectivity index (χ3v) is 3.77. The number of sulfonamides is 1. The minimum atomic E-state index is -5.48.